The summed E-state index contributed by atoms with van der Waals surface area (Å²) in [5.41, 5.74) is 5.85. The average molecular weight is 251 g/mol. The highest BCUT2D eigenvalue weighted by molar-refractivity contribution is 5.95. The molecule has 2 rings (SSSR count). The first kappa shape index (κ1) is 12.6. The maximum atomic E-state index is 8.58. The molecule has 0 spiro atoms. The standard InChI is InChI=1S/C12H17N3O3/c13-12(15-16)10-5-3-6-11(14-10)18-8-9-4-1-2-7-17-9/h3,5-6,9,16H,1-2,4,7-8H2,(H2,13,15). The minimum Gasteiger partial charge on any atom is -0.475 e. The molecule has 0 amide bonds. The van der Waals surface area contributed by atoms with Crippen molar-refractivity contribution in [1.29, 1.82) is 0 Å². The van der Waals surface area contributed by atoms with Crippen LogP contribution in [0.1, 0.15) is 25.0 Å². The number of hydrogen-bond donors (Lipinski definition) is 2. The number of amidine groups is 1. The van der Waals surface area contributed by atoms with E-state index < -0.39 is 0 Å². The molecule has 0 saturated carbocycles. The van der Waals surface area contributed by atoms with E-state index in [0.29, 0.717) is 18.2 Å². The van der Waals surface area contributed by atoms with Crippen LogP contribution in [0.15, 0.2) is 23.4 Å². The van der Waals surface area contributed by atoms with Crippen molar-refractivity contribution in [3.63, 3.8) is 0 Å². The molecule has 1 aliphatic rings. The highest BCUT2D eigenvalue weighted by atomic mass is 16.5. The number of aromatic nitrogens is 1. The van der Waals surface area contributed by atoms with E-state index in [1.807, 2.05) is 0 Å². The van der Waals surface area contributed by atoms with Crippen molar-refractivity contribution in [1.82, 2.24) is 4.98 Å². The van der Waals surface area contributed by atoms with E-state index >= 15 is 0 Å². The third kappa shape index (κ3) is 3.33. The quantitative estimate of drug-likeness (QED) is 0.362. The van der Waals surface area contributed by atoms with E-state index in [2.05, 4.69) is 10.1 Å². The van der Waals surface area contributed by atoms with Crippen LogP contribution in [-0.4, -0.2) is 35.3 Å². The summed E-state index contributed by atoms with van der Waals surface area (Å²) in [6, 6.07) is 5.13. The number of pyridine rings is 1. The second kappa shape index (κ2) is 6.20. The molecule has 98 valence electrons. The monoisotopic (exact) mass is 251 g/mol. The number of nitrogens with two attached hydrogens (primary N) is 1. The molecule has 1 unspecified atom stereocenters. The third-order valence-electron chi connectivity index (χ3n) is 2.78. The van der Waals surface area contributed by atoms with Gasteiger partial charge in [0.15, 0.2) is 5.84 Å². The van der Waals surface area contributed by atoms with E-state index in [1.165, 1.54) is 6.42 Å². The SMILES string of the molecule is NC(=NO)c1cccc(OCC2CCCCO2)n1. The molecule has 1 saturated heterocycles. The molecule has 6 nitrogen and oxygen atoms in total. The summed E-state index contributed by atoms with van der Waals surface area (Å²) in [6.45, 7) is 1.28. The number of oxime groups is 1. The van der Waals surface area contributed by atoms with Crippen molar-refractivity contribution in [3.05, 3.63) is 23.9 Å². The van der Waals surface area contributed by atoms with Gasteiger partial charge < -0.3 is 20.4 Å². The molecular formula is C12H17N3O3. The Morgan fingerprint density at radius 1 is 1.56 bits per heavy atom. The summed E-state index contributed by atoms with van der Waals surface area (Å²) in [6.07, 6.45) is 3.44. The van der Waals surface area contributed by atoms with Crippen LogP contribution < -0.4 is 10.5 Å². The zero-order valence-electron chi connectivity index (χ0n) is 10.1. The van der Waals surface area contributed by atoms with Crippen LogP contribution in [0.3, 0.4) is 0 Å². The zero-order valence-corrected chi connectivity index (χ0v) is 10.1. The fourth-order valence-electron chi connectivity index (χ4n) is 1.81. The molecule has 1 aromatic heterocycles. The lowest BCUT2D eigenvalue weighted by Crippen LogP contribution is -2.26. The number of ether oxygens (including phenoxy) is 2. The van der Waals surface area contributed by atoms with Gasteiger partial charge in [-0.1, -0.05) is 11.2 Å². The summed E-state index contributed by atoms with van der Waals surface area (Å²) in [4.78, 5) is 4.13. The van der Waals surface area contributed by atoms with Crippen LogP contribution in [0.2, 0.25) is 0 Å². The van der Waals surface area contributed by atoms with Crippen LogP contribution in [0.5, 0.6) is 5.88 Å². The van der Waals surface area contributed by atoms with E-state index in [0.717, 1.165) is 19.4 Å². The minimum atomic E-state index is -0.0330. The third-order valence-corrected chi connectivity index (χ3v) is 2.78. The molecular weight excluding hydrogens is 234 g/mol. The van der Waals surface area contributed by atoms with E-state index in [4.69, 9.17) is 20.4 Å². The van der Waals surface area contributed by atoms with Crippen molar-refractivity contribution in [2.24, 2.45) is 10.9 Å². The number of rotatable bonds is 4. The fraction of sp³-hybridized carbons (Fsp3) is 0.500. The van der Waals surface area contributed by atoms with E-state index in [-0.39, 0.29) is 11.9 Å². The van der Waals surface area contributed by atoms with Crippen molar-refractivity contribution < 1.29 is 14.7 Å². The first-order valence-corrected chi connectivity index (χ1v) is 5.99. The van der Waals surface area contributed by atoms with Gasteiger partial charge in [0.2, 0.25) is 5.88 Å². The first-order valence-electron chi connectivity index (χ1n) is 5.99. The number of hydrogen-bond acceptors (Lipinski definition) is 5. The Kier molecular flexibility index (Phi) is 4.35. The van der Waals surface area contributed by atoms with Gasteiger partial charge in [0.1, 0.15) is 12.3 Å². The van der Waals surface area contributed by atoms with Gasteiger partial charge >= 0.3 is 0 Å². The molecule has 0 aliphatic carbocycles. The van der Waals surface area contributed by atoms with Gasteiger partial charge in [-0.15, -0.1) is 0 Å². The van der Waals surface area contributed by atoms with Crippen molar-refractivity contribution in [2.75, 3.05) is 13.2 Å². The Bertz CT molecular complexity index is 417. The van der Waals surface area contributed by atoms with Gasteiger partial charge in [-0.05, 0) is 25.3 Å². The Hall–Kier alpha value is -1.82. The fourth-order valence-corrected chi connectivity index (χ4v) is 1.81. The Labute approximate surface area is 105 Å². The van der Waals surface area contributed by atoms with Crippen LogP contribution in [-0.2, 0) is 4.74 Å². The molecule has 1 fully saturated rings. The normalized spacial score (nSPS) is 20.7. The second-order valence-corrected chi connectivity index (χ2v) is 4.15. The lowest BCUT2D eigenvalue weighted by molar-refractivity contribution is -0.0119. The lowest BCUT2D eigenvalue weighted by atomic mass is 10.1. The molecule has 3 N–H and O–H groups in total. The van der Waals surface area contributed by atoms with Gasteiger partial charge in [0.25, 0.3) is 0 Å². The predicted octanol–water partition coefficient (Wildman–Crippen LogP) is 1.12. The summed E-state index contributed by atoms with van der Waals surface area (Å²) < 4.78 is 11.1. The molecule has 1 atom stereocenters. The van der Waals surface area contributed by atoms with Crippen LogP contribution in [0.4, 0.5) is 0 Å². The smallest absolute Gasteiger partial charge is 0.213 e. The van der Waals surface area contributed by atoms with Crippen LogP contribution in [0, 0.1) is 0 Å². The molecule has 2 heterocycles. The summed E-state index contributed by atoms with van der Waals surface area (Å²) in [5, 5.41) is 11.5. The van der Waals surface area contributed by atoms with Gasteiger partial charge in [-0.2, -0.15) is 0 Å². The Balaban J connectivity index is 1.92. The average Bonchev–Trinajstić information content (AvgIpc) is 2.45. The highest BCUT2D eigenvalue weighted by Gasteiger charge is 2.14. The number of nitrogens with zero attached hydrogens (tertiary/aromatic N) is 2. The first-order chi connectivity index (χ1) is 8.79. The van der Waals surface area contributed by atoms with Crippen molar-refractivity contribution >= 4 is 5.84 Å². The maximum Gasteiger partial charge on any atom is 0.213 e. The van der Waals surface area contributed by atoms with Crippen LogP contribution in [0.25, 0.3) is 0 Å². The topological polar surface area (TPSA) is 90.0 Å². The zero-order chi connectivity index (χ0) is 12.8. The van der Waals surface area contributed by atoms with Gasteiger partial charge in [0, 0.05) is 12.7 Å². The molecule has 18 heavy (non-hydrogen) atoms. The summed E-state index contributed by atoms with van der Waals surface area (Å²) in [7, 11) is 0. The van der Waals surface area contributed by atoms with Gasteiger partial charge in [-0.3, -0.25) is 0 Å². The van der Waals surface area contributed by atoms with Gasteiger partial charge in [-0.25, -0.2) is 4.98 Å². The van der Waals surface area contributed by atoms with Gasteiger partial charge in [0.05, 0.1) is 6.10 Å². The lowest BCUT2D eigenvalue weighted by Gasteiger charge is -2.22. The predicted molar refractivity (Wildman–Crippen MR) is 65.8 cm³/mol. The molecule has 0 aromatic carbocycles. The van der Waals surface area contributed by atoms with Crippen LogP contribution >= 0.6 is 0 Å². The highest BCUT2D eigenvalue weighted by Crippen LogP contribution is 2.14. The molecule has 0 radical (unpaired) electrons. The Morgan fingerprint density at radius 3 is 3.17 bits per heavy atom. The second-order valence-electron chi connectivity index (χ2n) is 4.15. The van der Waals surface area contributed by atoms with E-state index in [9.17, 15) is 0 Å². The van der Waals surface area contributed by atoms with Crippen molar-refractivity contribution in [3.8, 4) is 5.88 Å². The summed E-state index contributed by atoms with van der Waals surface area (Å²) in [5.74, 6) is 0.419. The molecule has 0 bridgehead atoms. The molecule has 1 aliphatic heterocycles. The maximum absolute atomic E-state index is 8.58. The van der Waals surface area contributed by atoms with Crippen molar-refractivity contribution in [2.45, 2.75) is 25.4 Å². The molecule has 6 heteroatoms. The van der Waals surface area contributed by atoms with E-state index in [1.54, 1.807) is 18.2 Å². The summed E-state index contributed by atoms with van der Waals surface area (Å²) >= 11 is 0. The Morgan fingerprint density at radius 2 is 2.44 bits per heavy atom. The minimum absolute atomic E-state index is 0.0330. The largest absolute Gasteiger partial charge is 0.475 e. The molecule has 1 aromatic rings.